The highest BCUT2D eigenvalue weighted by molar-refractivity contribution is 7.27. The Kier molecular flexibility index (Phi) is 7.76. The van der Waals surface area contributed by atoms with Crippen molar-refractivity contribution in [3.05, 3.63) is 206 Å². The zero-order chi connectivity index (χ0) is 41.9. The topological polar surface area (TPSA) is 25.8 Å². The molecule has 0 aliphatic heterocycles. The van der Waals surface area contributed by atoms with Crippen LogP contribution in [0.2, 0.25) is 0 Å². The van der Waals surface area contributed by atoms with Crippen LogP contribution in [0, 0.1) is 0 Å². The van der Waals surface area contributed by atoms with Crippen molar-refractivity contribution in [3.8, 4) is 45.0 Å². The molecule has 0 radical (unpaired) electrons. The fourth-order valence-electron chi connectivity index (χ4n) is 10.2. The van der Waals surface area contributed by atoms with Gasteiger partial charge in [0.2, 0.25) is 0 Å². The quantitative estimate of drug-likeness (QED) is 0.165. The number of hydrogen-bond donors (Lipinski definition) is 0. The van der Waals surface area contributed by atoms with Crippen molar-refractivity contribution in [1.82, 2.24) is 9.97 Å². The van der Waals surface area contributed by atoms with Crippen LogP contribution in [0.5, 0.6) is 0 Å². The molecular formula is C60H34N2S2. The van der Waals surface area contributed by atoms with Gasteiger partial charge in [-0.25, -0.2) is 9.97 Å². The van der Waals surface area contributed by atoms with Crippen LogP contribution in [0.1, 0.15) is 0 Å². The van der Waals surface area contributed by atoms with Crippen LogP contribution in [0.3, 0.4) is 0 Å². The lowest BCUT2D eigenvalue weighted by Gasteiger charge is -2.16. The van der Waals surface area contributed by atoms with Crippen molar-refractivity contribution < 1.29 is 0 Å². The van der Waals surface area contributed by atoms with E-state index >= 15 is 0 Å². The molecule has 0 saturated carbocycles. The van der Waals surface area contributed by atoms with Gasteiger partial charge in [-0.1, -0.05) is 158 Å². The van der Waals surface area contributed by atoms with Crippen molar-refractivity contribution in [2.24, 2.45) is 0 Å². The predicted molar refractivity (Wildman–Crippen MR) is 277 cm³/mol. The first kappa shape index (κ1) is 35.8. The highest BCUT2D eigenvalue weighted by Gasteiger charge is 2.22. The molecule has 0 saturated heterocycles. The van der Waals surface area contributed by atoms with Gasteiger partial charge in [0.05, 0.1) is 11.4 Å². The summed E-state index contributed by atoms with van der Waals surface area (Å²) in [6, 6.07) is 75.5. The third kappa shape index (κ3) is 5.43. The second-order valence-electron chi connectivity index (χ2n) is 16.8. The van der Waals surface area contributed by atoms with E-state index in [0.29, 0.717) is 5.82 Å². The molecule has 0 fully saturated rings. The predicted octanol–water partition coefficient (Wildman–Crippen LogP) is 17.6. The van der Waals surface area contributed by atoms with E-state index in [1.165, 1.54) is 89.0 Å². The zero-order valence-corrected chi connectivity index (χ0v) is 36.0. The molecule has 4 heteroatoms. The van der Waals surface area contributed by atoms with E-state index in [2.05, 4.69) is 206 Å². The fraction of sp³-hybridized carbons (Fsp3) is 0. The lowest BCUT2D eigenvalue weighted by atomic mass is 9.88. The minimum atomic E-state index is 0.709. The molecule has 0 spiro atoms. The van der Waals surface area contributed by atoms with Gasteiger partial charge in [-0.15, -0.1) is 22.7 Å². The van der Waals surface area contributed by atoms with Crippen LogP contribution in [-0.2, 0) is 0 Å². The van der Waals surface area contributed by atoms with Gasteiger partial charge in [0.25, 0.3) is 0 Å². The molecule has 0 aliphatic rings. The standard InChI is InChI=1S/C60H34N2S2/c1-2-14-35(15-3-1)52-34-53(39-26-27-46-45-23-12-13-25-54(45)63-55(46)32-39)62-60(61-52)50-30-40(28-38-18-6-7-19-41(38)50)48-33-49-44-22-9-8-20-42(44)43-21-10-11-24-47(43)57(49)59-58(48)51-29-36-16-4-5-17-37(36)31-56(51)64-59/h1-34H. The van der Waals surface area contributed by atoms with Gasteiger partial charge in [-0.05, 0) is 108 Å². The third-order valence-corrected chi connectivity index (χ3v) is 15.5. The summed E-state index contributed by atoms with van der Waals surface area (Å²) in [6.07, 6.45) is 0. The monoisotopic (exact) mass is 846 g/mol. The van der Waals surface area contributed by atoms with E-state index < -0.39 is 0 Å². The Balaban J connectivity index is 1.08. The molecular weight excluding hydrogens is 813 g/mol. The smallest absolute Gasteiger partial charge is 0.161 e. The van der Waals surface area contributed by atoms with Crippen molar-refractivity contribution in [2.75, 3.05) is 0 Å². The molecule has 3 heterocycles. The summed E-state index contributed by atoms with van der Waals surface area (Å²) in [7, 11) is 0. The molecule has 11 aromatic carbocycles. The number of thiophene rings is 2. The largest absolute Gasteiger partial charge is 0.228 e. The normalized spacial score (nSPS) is 12.1. The van der Waals surface area contributed by atoms with E-state index in [-0.39, 0.29) is 0 Å². The van der Waals surface area contributed by atoms with Crippen molar-refractivity contribution in [3.63, 3.8) is 0 Å². The molecule has 0 unspecified atom stereocenters. The van der Waals surface area contributed by atoms with Crippen LogP contribution >= 0.6 is 22.7 Å². The van der Waals surface area contributed by atoms with Gasteiger partial charge >= 0.3 is 0 Å². The minimum Gasteiger partial charge on any atom is -0.228 e. The highest BCUT2D eigenvalue weighted by atomic mass is 32.1. The number of benzene rings is 11. The van der Waals surface area contributed by atoms with E-state index in [1.807, 2.05) is 22.7 Å². The molecule has 14 aromatic rings. The van der Waals surface area contributed by atoms with Gasteiger partial charge in [0.1, 0.15) is 0 Å². The Hall–Kier alpha value is -7.76. The molecule has 2 nitrogen and oxygen atoms in total. The lowest BCUT2D eigenvalue weighted by molar-refractivity contribution is 1.19. The molecule has 0 amide bonds. The van der Waals surface area contributed by atoms with E-state index in [9.17, 15) is 0 Å². The van der Waals surface area contributed by atoms with E-state index in [0.717, 1.165) is 44.4 Å². The summed E-state index contributed by atoms with van der Waals surface area (Å²) in [5.74, 6) is 0.709. The van der Waals surface area contributed by atoms with Crippen LogP contribution in [-0.4, -0.2) is 9.97 Å². The van der Waals surface area contributed by atoms with E-state index in [4.69, 9.17) is 9.97 Å². The first-order valence-corrected chi connectivity index (χ1v) is 23.3. The Bertz CT molecular complexity index is 4260. The molecule has 0 bridgehead atoms. The Morgan fingerprint density at radius 3 is 1.67 bits per heavy atom. The molecule has 64 heavy (non-hydrogen) atoms. The number of hydrogen-bond acceptors (Lipinski definition) is 4. The summed E-state index contributed by atoms with van der Waals surface area (Å²) in [5.41, 5.74) is 7.31. The molecule has 3 aromatic heterocycles. The SMILES string of the molecule is c1ccc(-c2cc(-c3ccc4c(c3)sc3ccccc34)nc(-c3cc(-c4cc5c6ccccc6c6ccccc6c5c5sc6cc7ccccc7cc6c45)cc4ccccc34)n2)cc1. The molecule has 296 valence electrons. The number of rotatable bonds is 4. The Morgan fingerprint density at radius 2 is 0.875 bits per heavy atom. The van der Waals surface area contributed by atoms with Crippen molar-refractivity contribution in [1.29, 1.82) is 0 Å². The number of aromatic nitrogens is 2. The van der Waals surface area contributed by atoms with Crippen LogP contribution < -0.4 is 0 Å². The summed E-state index contributed by atoms with van der Waals surface area (Å²) >= 11 is 3.75. The second kappa shape index (κ2) is 13.9. The van der Waals surface area contributed by atoms with Gasteiger partial charge < -0.3 is 0 Å². The first-order valence-electron chi connectivity index (χ1n) is 21.7. The maximum absolute atomic E-state index is 5.50. The highest BCUT2D eigenvalue weighted by Crippen LogP contribution is 2.50. The average Bonchev–Trinajstić information content (AvgIpc) is 3.93. The summed E-state index contributed by atoms with van der Waals surface area (Å²) < 4.78 is 5.15. The van der Waals surface area contributed by atoms with Gasteiger partial charge in [-0.3, -0.25) is 0 Å². The van der Waals surface area contributed by atoms with Crippen LogP contribution in [0.25, 0.3) is 139 Å². The van der Waals surface area contributed by atoms with Crippen LogP contribution in [0.4, 0.5) is 0 Å². The molecule has 0 atom stereocenters. The van der Waals surface area contributed by atoms with Gasteiger partial charge in [-0.2, -0.15) is 0 Å². The maximum atomic E-state index is 5.50. The lowest BCUT2D eigenvalue weighted by Crippen LogP contribution is -1.97. The summed E-state index contributed by atoms with van der Waals surface area (Å²) in [4.78, 5) is 10.9. The van der Waals surface area contributed by atoms with Gasteiger partial charge in [0.15, 0.2) is 5.82 Å². The fourth-order valence-corrected chi connectivity index (χ4v) is 12.7. The number of nitrogens with zero attached hydrogens (tertiary/aromatic N) is 2. The zero-order valence-electron chi connectivity index (χ0n) is 34.3. The number of fused-ring (bicyclic) bond motifs is 15. The minimum absolute atomic E-state index is 0.709. The molecule has 14 rings (SSSR count). The summed E-state index contributed by atoms with van der Waals surface area (Å²) in [5, 5.41) is 17.6. The van der Waals surface area contributed by atoms with Crippen molar-refractivity contribution >= 4 is 117 Å². The van der Waals surface area contributed by atoms with Gasteiger partial charge in [0, 0.05) is 62.4 Å². The third-order valence-electron chi connectivity index (χ3n) is 13.2. The summed E-state index contributed by atoms with van der Waals surface area (Å²) in [6.45, 7) is 0. The second-order valence-corrected chi connectivity index (χ2v) is 19.0. The van der Waals surface area contributed by atoms with E-state index in [1.54, 1.807) is 0 Å². The Labute approximate surface area is 376 Å². The first-order chi connectivity index (χ1) is 31.7. The Morgan fingerprint density at radius 1 is 0.281 bits per heavy atom. The molecule has 0 aliphatic carbocycles. The molecule has 0 N–H and O–H groups in total. The van der Waals surface area contributed by atoms with Crippen molar-refractivity contribution in [2.45, 2.75) is 0 Å². The average molecular weight is 847 g/mol. The maximum Gasteiger partial charge on any atom is 0.161 e. The van der Waals surface area contributed by atoms with Crippen LogP contribution in [0.15, 0.2) is 206 Å².